The summed E-state index contributed by atoms with van der Waals surface area (Å²) in [5, 5.41) is 3.05. The Labute approximate surface area is 164 Å². The number of pyridine rings is 1. The predicted octanol–water partition coefficient (Wildman–Crippen LogP) is 3.16. The van der Waals surface area contributed by atoms with Gasteiger partial charge >= 0.3 is 5.97 Å². The van der Waals surface area contributed by atoms with Crippen molar-refractivity contribution in [2.75, 3.05) is 5.32 Å². The van der Waals surface area contributed by atoms with Crippen molar-refractivity contribution in [3.05, 3.63) is 65.4 Å². The van der Waals surface area contributed by atoms with Gasteiger partial charge in [-0.2, -0.15) is 0 Å². The first kappa shape index (κ1) is 19.7. The van der Waals surface area contributed by atoms with Crippen molar-refractivity contribution in [3.8, 4) is 5.75 Å². The molecule has 1 aliphatic rings. The van der Waals surface area contributed by atoms with Crippen molar-refractivity contribution in [1.82, 2.24) is 4.98 Å². The smallest absolute Gasteiger partial charge is 0.328 e. The normalized spacial score (nSPS) is 15.8. The van der Waals surface area contributed by atoms with E-state index in [0.717, 1.165) is 5.56 Å². The quantitative estimate of drug-likeness (QED) is 0.681. The van der Waals surface area contributed by atoms with Gasteiger partial charge in [-0.15, -0.1) is 0 Å². The predicted molar refractivity (Wildman–Crippen MR) is 107 cm³/mol. The van der Waals surface area contributed by atoms with E-state index in [4.69, 9.17) is 20.9 Å². The Hall–Kier alpha value is -3.06. The Morgan fingerprint density at radius 3 is 2.71 bits per heavy atom. The Kier molecular flexibility index (Phi) is 5.29. The van der Waals surface area contributed by atoms with Crippen LogP contribution in [0.15, 0.2) is 54.3 Å². The second kappa shape index (κ2) is 7.52. The number of carbonyl (C=O) groups is 1. The lowest BCUT2D eigenvalue weighted by Gasteiger charge is -2.33. The fourth-order valence-electron chi connectivity index (χ4n) is 2.96. The van der Waals surface area contributed by atoms with Gasteiger partial charge in [-0.3, -0.25) is 4.98 Å². The van der Waals surface area contributed by atoms with Crippen LogP contribution in [-0.2, 0) is 9.53 Å². The van der Waals surface area contributed by atoms with Crippen LogP contribution in [0.1, 0.15) is 50.8 Å². The number of nitrogens with zero attached hydrogens (tertiary/aromatic N) is 1. The minimum atomic E-state index is -0.930. The first-order chi connectivity index (χ1) is 13.2. The maximum atomic E-state index is 12.7. The molecule has 1 aromatic heterocycles. The number of benzene rings is 1. The summed E-state index contributed by atoms with van der Waals surface area (Å²) in [4.78, 5) is 16.9. The van der Waals surface area contributed by atoms with Crippen LogP contribution in [0.4, 0.5) is 5.69 Å². The molecule has 7 nitrogen and oxygen atoms in total. The third-order valence-corrected chi connectivity index (χ3v) is 5.12. The van der Waals surface area contributed by atoms with Gasteiger partial charge in [0.2, 0.25) is 0 Å². The van der Waals surface area contributed by atoms with Crippen molar-refractivity contribution in [1.29, 1.82) is 0 Å². The van der Waals surface area contributed by atoms with E-state index in [1.165, 1.54) is 0 Å². The summed E-state index contributed by atoms with van der Waals surface area (Å²) in [6, 6.07) is 8.14. The highest BCUT2D eigenvalue weighted by atomic mass is 16.6. The average Bonchev–Trinajstić information content (AvgIpc) is 2.67. The molecule has 0 amide bonds. The summed E-state index contributed by atoms with van der Waals surface area (Å²) in [5.74, 6) is 1.09. The van der Waals surface area contributed by atoms with E-state index >= 15 is 0 Å². The van der Waals surface area contributed by atoms with Gasteiger partial charge in [-0.05, 0) is 50.1 Å². The molecule has 2 heterocycles. The third-order valence-electron chi connectivity index (χ3n) is 5.12. The topological polar surface area (TPSA) is 112 Å². The minimum absolute atomic E-state index is 0.0520. The van der Waals surface area contributed by atoms with Crippen LogP contribution in [0.25, 0.3) is 0 Å². The van der Waals surface area contributed by atoms with Crippen molar-refractivity contribution < 1.29 is 14.3 Å². The zero-order valence-corrected chi connectivity index (χ0v) is 16.5. The minimum Gasteiger partial charge on any atom is -0.458 e. The molecule has 0 saturated heterocycles. The Morgan fingerprint density at radius 1 is 1.29 bits per heavy atom. The molecule has 0 fully saturated rings. The van der Waals surface area contributed by atoms with Gasteiger partial charge in [0.15, 0.2) is 5.75 Å². The highest BCUT2D eigenvalue weighted by molar-refractivity contribution is 5.79. The lowest BCUT2D eigenvalue weighted by molar-refractivity contribution is -0.160. The molecule has 1 aliphatic heterocycles. The lowest BCUT2D eigenvalue weighted by atomic mass is 9.87. The van der Waals surface area contributed by atoms with Gasteiger partial charge in [0.25, 0.3) is 0 Å². The van der Waals surface area contributed by atoms with E-state index in [-0.39, 0.29) is 5.92 Å². The number of ether oxygens (including phenoxy) is 2. The number of esters is 1. The molecule has 0 bridgehead atoms. The molecule has 3 rings (SSSR count). The molecule has 0 radical (unpaired) electrons. The Balaban J connectivity index is 1.74. The first-order valence-corrected chi connectivity index (χ1v) is 9.12. The maximum absolute atomic E-state index is 12.7. The number of carbonyl (C=O) groups excluding carboxylic acids is 1. The van der Waals surface area contributed by atoms with Crippen molar-refractivity contribution >= 4 is 11.7 Å². The highest BCUT2D eigenvalue weighted by Gasteiger charge is 2.33. The van der Waals surface area contributed by atoms with E-state index in [1.807, 2.05) is 32.9 Å². The largest absolute Gasteiger partial charge is 0.458 e. The first-order valence-electron chi connectivity index (χ1n) is 9.12. The molecule has 148 valence electrons. The summed E-state index contributed by atoms with van der Waals surface area (Å²) in [7, 11) is 0. The van der Waals surface area contributed by atoms with Crippen LogP contribution >= 0.6 is 0 Å². The van der Waals surface area contributed by atoms with Crippen molar-refractivity contribution in [3.63, 3.8) is 0 Å². The molecule has 1 aromatic carbocycles. The molecule has 2 aromatic rings. The molecular weight excluding hydrogens is 356 g/mol. The van der Waals surface area contributed by atoms with Crippen LogP contribution in [0, 0.1) is 0 Å². The molecule has 0 aliphatic carbocycles. The zero-order valence-electron chi connectivity index (χ0n) is 16.5. The van der Waals surface area contributed by atoms with Gasteiger partial charge in [0.1, 0.15) is 23.2 Å². The van der Waals surface area contributed by atoms with Gasteiger partial charge in [-0.1, -0.05) is 19.1 Å². The van der Waals surface area contributed by atoms with Gasteiger partial charge in [0.05, 0.1) is 5.69 Å². The highest BCUT2D eigenvalue weighted by Crippen LogP contribution is 2.35. The Morgan fingerprint density at radius 2 is 2.04 bits per heavy atom. The van der Waals surface area contributed by atoms with Crippen molar-refractivity contribution in [2.45, 2.75) is 45.3 Å². The molecule has 5 N–H and O–H groups in total. The number of hydrogen-bond donors (Lipinski definition) is 3. The summed E-state index contributed by atoms with van der Waals surface area (Å²) in [6.07, 6.45) is 3.48. The van der Waals surface area contributed by atoms with E-state index in [2.05, 4.69) is 10.3 Å². The molecular formula is C21H26N4O3. The SMILES string of the molecule is CC1=C(N)Nc2cc(C(N)C(=O)OC(C)(C)C(C)c3cccnc3)ccc2O1. The van der Waals surface area contributed by atoms with Gasteiger partial charge in [0, 0.05) is 18.3 Å². The Bertz CT molecular complexity index is 909. The number of nitrogens with two attached hydrogens (primary N) is 2. The molecule has 2 unspecified atom stereocenters. The number of rotatable bonds is 5. The molecule has 0 saturated carbocycles. The van der Waals surface area contributed by atoms with Crippen molar-refractivity contribution in [2.24, 2.45) is 11.5 Å². The van der Waals surface area contributed by atoms with Gasteiger partial charge < -0.3 is 26.3 Å². The van der Waals surface area contributed by atoms with E-state index in [0.29, 0.717) is 28.6 Å². The number of allylic oxidation sites excluding steroid dienone is 1. The molecule has 0 spiro atoms. The molecule has 2 atom stereocenters. The van der Waals surface area contributed by atoms with Crippen LogP contribution in [0.3, 0.4) is 0 Å². The van der Waals surface area contributed by atoms with Crippen LogP contribution < -0.4 is 21.5 Å². The molecule has 7 heteroatoms. The second-order valence-corrected chi connectivity index (χ2v) is 7.46. The number of aromatic nitrogens is 1. The maximum Gasteiger partial charge on any atom is 0.328 e. The van der Waals surface area contributed by atoms with Crippen LogP contribution in [-0.4, -0.2) is 16.6 Å². The number of fused-ring (bicyclic) bond motifs is 1. The number of nitrogens with one attached hydrogen (secondary N) is 1. The lowest BCUT2D eigenvalue weighted by Crippen LogP contribution is -2.37. The van der Waals surface area contributed by atoms with E-state index in [9.17, 15) is 4.79 Å². The summed E-state index contributed by atoms with van der Waals surface area (Å²) in [5.41, 5.74) is 13.6. The number of hydrogen-bond acceptors (Lipinski definition) is 7. The fourth-order valence-corrected chi connectivity index (χ4v) is 2.96. The average molecular weight is 382 g/mol. The van der Waals surface area contributed by atoms with Crippen LogP contribution in [0.5, 0.6) is 5.75 Å². The second-order valence-electron chi connectivity index (χ2n) is 7.46. The van der Waals surface area contributed by atoms with E-state index < -0.39 is 17.6 Å². The summed E-state index contributed by atoms with van der Waals surface area (Å²) >= 11 is 0. The summed E-state index contributed by atoms with van der Waals surface area (Å²) in [6.45, 7) is 7.50. The summed E-state index contributed by atoms with van der Waals surface area (Å²) < 4.78 is 11.4. The number of anilines is 1. The van der Waals surface area contributed by atoms with E-state index in [1.54, 1.807) is 37.5 Å². The standard InChI is InChI=1S/C21H26N4O3/c1-12(15-6-5-9-24-11-15)21(3,4)28-20(26)18(22)14-7-8-17-16(10-14)25-19(23)13(2)27-17/h5-12,18,25H,22-23H2,1-4H3. The zero-order chi connectivity index (χ0) is 20.5. The van der Waals surface area contributed by atoms with Crippen LogP contribution in [0.2, 0.25) is 0 Å². The fraction of sp³-hybridized carbons (Fsp3) is 0.333. The third kappa shape index (κ3) is 3.94. The van der Waals surface area contributed by atoms with Gasteiger partial charge in [-0.25, -0.2) is 4.79 Å². The molecule has 28 heavy (non-hydrogen) atoms. The monoisotopic (exact) mass is 382 g/mol.